The van der Waals surface area contributed by atoms with Crippen LogP contribution in [0, 0.1) is 6.92 Å². The van der Waals surface area contributed by atoms with Crippen molar-refractivity contribution in [1.82, 2.24) is 14.7 Å². The molecule has 3 aromatic heterocycles. The number of pyridine rings is 3. The molecule has 4 heterocycles. The summed E-state index contributed by atoms with van der Waals surface area (Å²) in [6.07, 6.45) is 2.96. The molecular weight excluding hydrogens is 861 g/mol. The Morgan fingerprint density at radius 3 is 1.61 bits per heavy atom. The van der Waals surface area contributed by atoms with E-state index in [9.17, 15) is 28.8 Å². The largest absolute Gasteiger partial charge is 0.497 e. The zero-order valence-electron chi connectivity index (χ0n) is 38.7. The normalized spacial score (nSPS) is 12.1. The summed E-state index contributed by atoms with van der Waals surface area (Å²) in [7, 11) is 6.00. The van der Waals surface area contributed by atoms with Crippen LogP contribution >= 0.6 is 0 Å². The lowest BCUT2D eigenvalue weighted by atomic mass is 9.98. The first kappa shape index (κ1) is 47.1. The Morgan fingerprint density at radius 1 is 0.567 bits per heavy atom. The maximum atomic E-state index is 14.6. The number of ether oxygens (including phenoxy) is 5. The molecule has 0 atom stereocenters. The summed E-state index contributed by atoms with van der Waals surface area (Å²) in [6, 6.07) is 19.7. The molecule has 0 spiro atoms. The summed E-state index contributed by atoms with van der Waals surface area (Å²) in [4.78, 5) is 97.8. The molecule has 0 unspecified atom stereocenters. The van der Waals surface area contributed by atoms with Crippen molar-refractivity contribution in [2.75, 3.05) is 46.4 Å². The van der Waals surface area contributed by atoms with Crippen molar-refractivity contribution in [2.45, 2.75) is 59.8 Å². The molecule has 16 nitrogen and oxygen atoms in total. The van der Waals surface area contributed by atoms with Crippen LogP contribution in [-0.2, 0) is 24.0 Å². The van der Waals surface area contributed by atoms with Crippen molar-refractivity contribution in [1.29, 1.82) is 0 Å². The molecule has 1 aliphatic rings. The number of carbonyl (C=O) groups is 3. The molecule has 0 saturated carbocycles. The Morgan fingerprint density at radius 2 is 1.06 bits per heavy atom. The van der Waals surface area contributed by atoms with Crippen molar-refractivity contribution < 1.29 is 42.9 Å². The van der Waals surface area contributed by atoms with Gasteiger partial charge >= 0.3 is 17.9 Å². The fourth-order valence-electron chi connectivity index (χ4n) is 8.35. The number of anilines is 1. The summed E-state index contributed by atoms with van der Waals surface area (Å²) in [5, 5.41) is 0. The van der Waals surface area contributed by atoms with Crippen LogP contribution in [-0.4, -0.2) is 74.1 Å². The van der Waals surface area contributed by atoms with Gasteiger partial charge in [-0.25, -0.2) is 14.4 Å². The number of hydrogen-bond donors (Lipinski definition) is 2. The molecule has 16 heteroatoms. The Labute approximate surface area is 386 Å². The van der Waals surface area contributed by atoms with Crippen LogP contribution in [0.2, 0.25) is 0 Å². The maximum Gasteiger partial charge on any atom is 0.369 e. The van der Waals surface area contributed by atoms with Crippen LogP contribution < -0.4 is 45.4 Å². The minimum atomic E-state index is -1.42. The Kier molecular flexibility index (Phi) is 14.1. The van der Waals surface area contributed by atoms with Crippen LogP contribution in [0.25, 0.3) is 33.8 Å². The zero-order chi connectivity index (χ0) is 48.1. The summed E-state index contributed by atoms with van der Waals surface area (Å²) in [6.45, 7) is 8.94. The smallest absolute Gasteiger partial charge is 0.369 e. The number of aromatic nitrogens is 3. The predicted octanol–water partition coefficient (Wildman–Crippen LogP) is 7.12. The molecule has 0 bridgehead atoms. The third kappa shape index (κ3) is 9.32. The fourth-order valence-corrected chi connectivity index (χ4v) is 8.35. The van der Waals surface area contributed by atoms with Gasteiger partial charge in [0, 0.05) is 47.6 Å². The van der Waals surface area contributed by atoms with E-state index >= 15 is 0 Å². The molecule has 348 valence electrons. The van der Waals surface area contributed by atoms with Crippen molar-refractivity contribution in [3.8, 4) is 56.8 Å². The SMILES string of the molecule is CCc1cc(C(=O)OC(=O)c2cc(CC)c(-c3ccc(OC)cc3OC)n(OC(=O)c3cc(CC)c(-c4ccc(OC)cc4N4CCCC4)[nH]c3=O)c2=O)c(=O)[nH]c1-c1ccc(OC)cc1C. The van der Waals surface area contributed by atoms with Gasteiger partial charge in [0.2, 0.25) is 0 Å². The number of nitrogens with one attached hydrogen (secondary N) is 2. The van der Waals surface area contributed by atoms with E-state index in [-0.39, 0.29) is 29.0 Å². The topological polar surface area (TPSA) is 198 Å². The minimum Gasteiger partial charge on any atom is -0.497 e. The van der Waals surface area contributed by atoms with E-state index in [1.165, 1.54) is 32.4 Å². The Bertz CT molecular complexity index is 3090. The molecule has 0 radical (unpaired) electrons. The van der Waals surface area contributed by atoms with Crippen molar-refractivity contribution >= 4 is 23.6 Å². The maximum absolute atomic E-state index is 14.6. The second kappa shape index (κ2) is 20.1. The van der Waals surface area contributed by atoms with E-state index in [1.54, 1.807) is 57.5 Å². The third-order valence-corrected chi connectivity index (χ3v) is 11.9. The fraction of sp³-hybridized carbons (Fsp3) is 0.294. The van der Waals surface area contributed by atoms with Gasteiger partial charge in [-0.3, -0.25) is 14.4 Å². The summed E-state index contributed by atoms with van der Waals surface area (Å²) in [5.74, 6) is -2.05. The molecular formula is C51H52N4O12. The summed E-state index contributed by atoms with van der Waals surface area (Å²) >= 11 is 0. The average Bonchev–Trinajstić information content (AvgIpc) is 3.89. The molecule has 1 saturated heterocycles. The number of rotatable bonds is 15. The number of H-pyrrole nitrogens is 2. The monoisotopic (exact) mass is 912 g/mol. The molecule has 67 heavy (non-hydrogen) atoms. The molecule has 7 rings (SSSR count). The molecule has 1 fully saturated rings. The summed E-state index contributed by atoms with van der Waals surface area (Å²) < 4.78 is 27.7. The van der Waals surface area contributed by atoms with Gasteiger partial charge in [0.05, 0.1) is 45.5 Å². The van der Waals surface area contributed by atoms with Gasteiger partial charge in [0.15, 0.2) is 0 Å². The lowest BCUT2D eigenvalue weighted by molar-refractivity contribution is 0.0370. The molecule has 0 aliphatic carbocycles. The van der Waals surface area contributed by atoms with E-state index in [0.717, 1.165) is 42.7 Å². The van der Waals surface area contributed by atoms with Gasteiger partial charge in [-0.2, -0.15) is 0 Å². The number of carbonyl (C=O) groups excluding carboxylic acids is 3. The number of benzene rings is 3. The van der Waals surface area contributed by atoms with Crippen LogP contribution in [0.15, 0.2) is 87.2 Å². The van der Waals surface area contributed by atoms with Crippen LogP contribution in [0.3, 0.4) is 0 Å². The van der Waals surface area contributed by atoms with Crippen LogP contribution in [0.4, 0.5) is 5.69 Å². The quantitative estimate of drug-likeness (QED) is 0.0781. The van der Waals surface area contributed by atoms with E-state index in [1.807, 2.05) is 39.0 Å². The molecule has 3 aromatic carbocycles. The van der Waals surface area contributed by atoms with Crippen molar-refractivity contribution in [3.05, 3.63) is 143 Å². The number of esters is 2. The zero-order valence-corrected chi connectivity index (χ0v) is 38.7. The highest BCUT2D eigenvalue weighted by Gasteiger charge is 2.30. The average molecular weight is 913 g/mol. The third-order valence-electron chi connectivity index (χ3n) is 11.9. The highest BCUT2D eigenvalue weighted by Crippen LogP contribution is 2.38. The number of methoxy groups -OCH3 is 4. The first-order chi connectivity index (χ1) is 32.3. The molecule has 0 amide bonds. The lowest BCUT2D eigenvalue weighted by Crippen LogP contribution is -2.38. The second-order valence-corrected chi connectivity index (χ2v) is 15.8. The first-order valence-electron chi connectivity index (χ1n) is 21.9. The van der Waals surface area contributed by atoms with E-state index in [2.05, 4.69) is 14.9 Å². The van der Waals surface area contributed by atoms with Crippen LogP contribution in [0.1, 0.15) is 86.9 Å². The van der Waals surface area contributed by atoms with Crippen molar-refractivity contribution in [3.63, 3.8) is 0 Å². The number of nitrogens with zero attached hydrogens (tertiary/aromatic N) is 2. The van der Waals surface area contributed by atoms with Gasteiger partial charge in [-0.1, -0.05) is 20.8 Å². The van der Waals surface area contributed by atoms with Crippen LogP contribution in [0.5, 0.6) is 23.0 Å². The number of aryl methyl sites for hydroxylation is 4. The van der Waals surface area contributed by atoms with Gasteiger partial charge < -0.3 is 43.4 Å². The molecule has 2 N–H and O–H groups in total. The first-order valence-corrected chi connectivity index (χ1v) is 21.9. The van der Waals surface area contributed by atoms with E-state index in [4.69, 9.17) is 28.5 Å². The van der Waals surface area contributed by atoms with Gasteiger partial charge in [0.1, 0.15) is 39.7 Å². The highest BCUT2D eigenvalue weighted by molar-refractivity contribution is 6.03. The van der Waals surface area contributed by atoms with Crippen molar-refractivity contribution in [2.24, 2.45) is 0 Å². The standard InChI is InChI=1S/C51H52N4O12/c1-9-29-23-38(46(56)52-43(29)35-17-14-32(62-5)22-28(35)4)49(59)66-50(60)40-25-31(11-3)45(37-19-16-34(64-7)27-42(37)65-8)55(48(40)58)67-51(61)39-24-30(10-2)44(53-47(39)57)36-18-15-33(63-6)26-41(36)54-20-12-13-21-54/h14-19,22-27H,9-13,20-21H2,1-8H3,(H,52,56)(H,53,57). The van der Waals surface area contributed by atoms with Gasteiger partial charge in [0.25, 0.3) is 16.7 Å². The molecule has 1 aliphatic heterocycles. The molecule has 6 aromatic rings. The second-order valence-electron chi connectivity index (χ2n) is 15.8. The Hall–Kier alpha value is -7.88. The predicted molar refractivity (Wildman–Crippen MR) is 252 cm³/mol. The van der Waals surface area contributed by atoms with Gasteiger partial charge in [-0.05, 0) is 122 Å². The van der Waals surface area contributed by atoms with E-state index < -0.39 is 51.3 Å². The highest BCUT2D eigenvalue weighted by atomic mass is 16.7. The lowest BCUT2D eigenvalue weighted by Gasteiger charge is -2.23. The summed E-state index contributed by atoms with van der Waals surface area (Å²) in [5.41, 5.74) is 1.44. The Balaban J connectivity index is 1.30. The van der Waals surface area contributed by atoms with Gasteiger partial charge in [-0.15, -0.1) is 4.73 Å². The minimum absolute atomic E-state index is 0.00827. The van der Waals surface area contributed by atoms with E-state index in [0.29, 0.717) is 62.9 Å². The number of hydrogen-bond acceptors (Lipinski definition) is 13. The number of aromatic amines is 2.